The Hall–Kier alpha value is -1.39. The molecule has 0 saturated carbocycles. The normalized spacial score (nSPS) is 32.1. The van der Waals surface area contributed by atoms with Crippen LogP contribution < -0.4 is 0 Å². The average Bonchev–Trinajstić information content (AvgIpc) is 2.46. The highest BCUT2D eigenvalue weighted by Gasteiger charge is 2.17. The standard InChI is InChI=1S/C17H26O4/c1-13-6-4-5-7-15(20-3)11-16(12-18)21-17(19)10-14(2)9-8-13/h5,7-8,10,15-16,18H,4,6,9,11-12H2,1-3H3/b7-5+,13-8-,14-10-/t15?,16-/m0/s1. The van der Waals surface area contributed by atoms with Gasteiger partial charge in [0.1, 0.15) is 6.10 Å². The Morgan fingerprint density at radius 1 is 1.38 bits per heavy atom. The highest BCUT2D eigenvalue weighted by molar-refractivity contribution is 5.82. The van der Waals surface area contributed by atoms with Crippen LogP contribution in [0.15, 0.2) is 35.5 Å². The van der Waals surface area contributed by atoms with E-state index in [0.717, 1.165) is 24.8 Å². The lowest BCUT2D eigenvalue weighted by atomic mass is 10.1. The monoisotopic (exact) mass is 294 g/mol. The van der Waals surface area contributed by atoms with Crippen molar-refractivity contribution in [3.63, 3.8) is 0 Å². The first-order valence-corrected chi connectivity index (χ1v) is 7.39. The van der Waals surface area contributed by atoms with E-state index in [0.29, 0.717) is 6.42 Å². The average molecular weight is 294 g/mol. The first-order chi connectivity index (χ1) is 10.0. The maximum atomic E-state index is 11.8. The zero-order chi connectivity index (χ0) is 15.7. The number of aliphatic hydroxyl groups excluding tert-OH is 1. The Labute approximate surface area is 127 Å². The van der Waals surface area contributed by atoms with Gasteiger partial charge in [0.15, 0.2) is 0 Å². The molecular weight excluding hydrogens is 268 g/mol. The summed E-state index contributed by atoms with van der Waals surface area (Å²) in [5.41, 5.74) is 2.26. The number of methoxy groups -OCH3 is 1. The van der Waals surface area contributed by atoms with Crippen molar-refractivity contribution < 1.29 is 19.4 Å². The van der Waals surface area contributed by atoms with Crippen molar-refractivity contribution in [2.45, 2.75) is 51.7 Å². The Morgan fingerprint density at radius 3 is 2.81 bits per heavy atom. The molecule has 0 saturated heterocycles. The van der Waals surface area contributed by atoms with Crippen molar-refractivity contribution in [3.8, 4) is 0 Å². The molecule has 1 aliphatic heterocycles. The Kier molecular flexibility index (Phi) is 8.01. The van der Waals surface area contributed by atoms with Gasteiger partial charge >= 0.3 is 5.97 Å². The highest BCUT2D eigenvalue weighted by Crippen LogP contribution is 2.14. The second kappa shape index (κ2) is 9.53. The number of hydrogen-bond donors (Lipinski definition) is 1. The van der Waals surface area contributed by atoms with Gasteiger partial charge in [-0.3, -0.25) is 0 Å². The summed E-state index contributed by atoms with van der Waals surface area (Å²) in [6.07, 6.45) is 10.1. The third kappa shape index (κ3) is 7.25. The maximum absolute atomic E-state index is 11.8. The van der Waals surface area contributed by atoms with E-state index in [9.17, 15) is 9.90 Å². The molecule has 0 amide bonds. The summed E-state index contributed by atoms with van der Waals surface area (Å²) >= 11 is 0. The summed E-state index contributed by atoms with van der Waals surface area (Å²) in [6.45, 7) is 3.80. The molecule has 1 aliphatic rings. The summed E-state index contributed by atoms with van der Waals surface area (Å²) in [5.74, 6) is -0.409. The van der Waals surface area contributed by atoms with Crippen molar-refractivity contribution >= 4 is 5.97 Å². The van der Waals surface area contributed by atoms with Gasteiger partial charge in [0, 0.05) is 19.6 Å². The van der Waals surface area contributed by atoms with Crippen molar-refractivity contribution in [1.82, 2.24) is 0 Å². The Morgan fingerprint density at radius 2 is 2.14 bits per heavy atom. The topological polar surface area (TPSA) is 55.8 Å². The molecule has 1 heterocycles. The highest BCUT2D eigenvalue weighted by atomic mass is 16.6. The smallest absolute Gasteiger partial charge is 0.331 e. The molecule has 0 fully saturated rings. The molecule has 0 aromatic heterocycles. The first kappa shape index (κ1) is 17.7. The van der Waals surface area contributed by atoms with Crippen LogP contribution in [0.3, 0.4) is 0 Å². The van der Waals surface area contributed by atoms with E-state index in [4.69, 9.17) is 9.47 Å². The van der Waals surface area contributed by atoms with Crippen LogP contribution in [0.5, 0.6) is 0 Å². The van der Waals surface area contributed by atoms with E-state index in [1.165, 1.54) is 11.6 Å². The van der Waals surface area contributed by atoms with Crippen LogP contribution in [0.2, 0.25) is 0 Å². The van der Waals surface area contributed by atoms with Gasteiger partial charge < -0.3 is 14.6 Å². The van der Waals surface area contributed by atoms with Crippen molar-refractivity contribution in [2.24, 2.45) is 0 Å². The predicted octanol–water partition coefficient (Wildman–Crippen LogP) is 2.93. The molecule has 1 rings (SSSR count). The van der Waals surface area contributed by atoms with Crippen LogP contribution in [-0.4, -0.2) is 37.0 Å². The summed E-state index contributed by atoms with van der Waals surface area (Å²) < 4.78 is 10.6. The second-order valence-corrected chi connectivity index (χ2v) is 5.46. The van der Waals surface area contributed by atoms with Gasteiger partial charge in [-0.2, -0.15) is 0 Å². The van der Waals surface area contributed by atoms with E-state index in [-0.39, 0.29) is 12.7 Å². The van der Waals surface area contributed by atoms with Crippen molar-refractivity contribution in [2.75, 3.05) is 13.7 Å². The largest absolute Gasteiger partial charge is 0.457 e. The molecule has 0 aliphatic carbocycles. The third-order valence-electron chi connectivity index (χ3n) is 3.48. The molecule has 0 aromatic rings. The number of carbonyl (C=O) groups excluding carboxylic acids is 1. The number of cyclic esters (lactones) is 1. The fourth-order valence-corrected chi connectivity index (χ4v) is 2.13. The number of rotatable bonds is 2. The minimum atomic E-state index is -0.545. The molecule has 0 radical (unpaired) electrons. The molecule has 1 unspecified atom stereocenters. The fourth-order valence-electron chi connectivity index (χ4n) is 2.13. The molecule has 0 spiro atoms. The second-order valence-electron chi connectivity index (χ2n) is 5.46. The number of allylic oxidation sites excluding steroid dienone is 4. The van der Waals surface area contributed by atoms with Crippen LogP contribution in [0.4, 0.5) is 0 Å². The molecule has 1 N–H and O–H groups in total. The SMILES string of the molecule is COC1/C=C/CC/C(C)=C\C/C(C)=C\C(=O)O[C@H](CO)C1. The number of esters is 1. The van der Waals surface area contributed by atoms with Gasteiger partial charge in [-0.05, 0) is 33.1 Å². The van der Waals surface area contributed by atoms with Crippen LogP contribution >= 0.6 is 0 Å². The fraction of sp³-hybridized carbons (Fsp3) is 0.588. The first-order valence-electron chi connectivity index (χ1n) is 7.39. The lowest BCUT2D eigenvalue weighted by molar-refractivity contribution is -0.146. The molecule has 21 heavy (non-hydrogen) atoms. The summed E-state index contributed by atoms with van der Waals surface area (Å²) in [5, 5.41) is 9.34. The maximum Gasteiger partial charge on any atom is 0.331 e. The van der Waals surface area contributed by atoms with E-state index in [2.05, 4.69) is 19.1 Å². The molecule has 4 heteroatoms. The van der Waals surface area contributed by atoms with Crippen LogP contribution in [0, 0.1) is 0 Å². The number of ether oxygens (including phenoxy) is 2. The molecule has 2 atom stereocenters. The molecule has 0 aromatic carbocycles. The molecule has 4 nitrogen and oxygen atoms in total. The summed E-state index contributed by atoms with van der Waals surface area (Å²) in [6, 6.07) is 0. The number of aliphatic hydroxyl groups is 1. The molecule has 0 bridgehead atoms. The van der Waals surface area contributed by atoms with Crippen molar-refractivity contribution in [3.05, 3.63) is 35.5 Å². The lowest BCUT2D eigenvalue weighted by Gasteiger charge is -2.19. The number of carbonyl (C=O) groups is 1. The Bertz CT molecular complexity index is 421. The third-order valence-corrected chi connectivity index (χ3v) is 3.48. The summed E-state index contributed by atoms with van der Waals surface area (Å²) in [4.78, 5) is 11.8. The summed E-state index contributed by atoms with van der Waals surface area (Å²) in [7, 11) is 1.61. The van der Waals surface area contributed by atoms with E-state index in [1.807, 2.05) is 13.0 Å². The van der Waals surface area contributed by atoms with E-state index < -0.39 is 12.1 Å². The van der Waals surface area contributed by atoms with Crippen molar-refractivity contribution in [1.29, 1.82) is 0 Å². The van der Waals surface area contributed by atoms with Gasteiger partial charge in [0.2, 0.25) is 0 Å². The molecular formula is C17H26O4. The zero-order valence-electron chi connectivity index (χ0n) is 13.2. The Balaban J connectivity index is 2.87. The lowest BCUT2D eigenvalue weighted by Crippen LogP contribution is -2.26. The van der Waals surface area contributed by atoms with E-state index >= 15 is 0 Å². The van der Waals surface area contributed by atoms with Gasteiger partial charge in [0.25, 0.3) is 0 Å². The van der Waals surface area contributed by atoms with Crippen LogP contribution in [0.25, 0.3) is 0 Å². The predicted molar refractivity (Wildman–Crippen MR) is 82.9 cm³/mol. The number of hydrogen-bond acceptors (Lipinski definition) is 4. The van der Waals surface area contributed by atoms with Crippen LogP contribution in [-0.2, 0) is 14.3 Å². The molecule has 118 valence electrons. The van der Waals surface area contributed by atoms with Gasteiger partial charge in [-0.25, -0.2) is 4.79 Å². The van der Waals surface area contributed by atoms with Gasteiger partial charge in [-0.15, -0.1) is 0 Å². The van der Waals surface area contributed by atoms with E-state index in [1.54, 1.807) is 7.11 Å². The minimum absolute atomic E-state index is 0.160. The minimum Gasteiger partial charge on any atom is -0.457 e. The quantitative estimate of drug-likeness (QED) is 0.628. The zero-order valence-corrected chi connectivity index (χ0v) is 13.2. The van der Waals surface area contributed by atoms with Crippen LogP contribution in [0.1, 0.15) is 39.5 Å². The van der Waals surface area contributed by atoms with Gasteiger partial charge in [0.05, 0.1) is 12.7 Å². The van der Waals surface area contributed by atoms with Gasteiger partial charge in [-0.1, -0.05) is 29.4 Å².